The minimum absolute atomic E-state index is 0.667. The van der Waals surface area contributed by atoms with Crippen LogP contribution in [0.2, 0.25) is 0 Å². The summed E-state index contributed by atoms with van der Waals surface area (Å²) in [4.78, 5) is 14.7. The lowest BCUT2D eigenvalue weighted by Crippen LogP contribution is -2.34. The minimum Gasteiger partial charge on any atom is -0.383 e. The van der Waals surface area contributed by atoms with Crippen molar-refractivity contribution in [3.8, 4) is 0 Å². The van der Waals surface area contributed by atoms with E-state index in [0.717, 1.165) is 29.5 Å². The number of rotatable bonds is 3. The fourth-order valence-electron chi connectivity index (χ4n) is 3.81. The fourth-order valence-corrected chi connectivity index (χ4v) is 3.81. The van der Waals surface area contributed by atoms with Crippen LogP contribution >= 0.6 is 0 Å². The van der Waals surface area contributed by atoms with Crippen LogP contribution in [0.5, 0.6) is 0 Å². The SMILES string of the molecule is CCN1CCC(Cc2c(N)ncc3[nH]c4ncccc4c23)CC1. The van der Waals surface area contributed by atoms with E-state index in [9.17, 15) is 0 Å². The Morgan fingerprint density at radius 1 is 1.30 bits per heavy atom. The summed E-state index contributed by atoms with van der Waals surface area (Å²) in [5, 5.41) is 2.36. The van der Waals surface area contributed by atoms with Gasteiger partial charge in [0.2, 0.25) is 0 Å². The second-order valence-electron chi connectivity index (χ2n) is 6.52. The molecule has 120 valence electrons. The van der Waals surface area contributed by atoms with Gasteiger partial charge in [0.25, 0.3) is 0 Å². The molecule has 23 heavy (non-hydrogen) atoms. The third-order valence-corrected chi connectivity index (χ3v) is 5.19. The summed E-state index contributed by atoms with van der Waals surface area (Å²) in [7, 11) is 0. The maximum absolute atomic E-state index is 6.25. The first kappa shape index (κ1) is 14.5. The summed E-state index contributed by atoms with van der Waals surface area (Å²) in [6, 6.07) is 4.10. The van der Waals surface area contributed by atoms with Gasteiger partial charge in [-0.2, -0.15) is 0 Å². The van der Waals surface area contributed by atoms with Gasteiger partial charge in [-0.1, -0.05) is 6.92 Å². The molecule has 0 aliphatic carbocycles. The maximum Gasteiger partial charge on any atom is 0.138 e. The first-order valence-corrected chi connectivity index (χ1v) is 8.48. The summed E-state index contributed by atoms with van der Waals surface area (Å²) in [6.45, 7) is 5.78. The molecule has 0 spiro atoms. The number of fused-ring (bicyclic) bond motifs is 3. The van der Waals surface area contributed by atoms with Crippen molar-refractivity contribution in [2.45, 2.75) is 26.2 Å². The number of nitrogens with zero attached hydrogens (tertiary/aromatic N) is 3. The van der Waals surface area contributed by atoms with Gasteiger partial charge >= 0.3 is 0 Å². The third kappa shape index (κ3) is 2.55. The van der Waals surface area contributed by atoms with E-state index in [2.05, 4.69) is 32.8 Å². The Morgan fingerprint density at radius 2 is 2.13 bits per heavy atom. The zero-order valence-corrected chi connectivity index (χ0v) is 13.5. The van der Waals surface area contributed by atoms with Crippen LogP contribution in [0.4, 0.5) is 5.82 Å². The van der Waals surface area contributed by atoms with Crippen LogP contribution in [0.1, 0.15) is 25.3 Å². The van der Waals surface area contributed by atoms with Gasteiger partial charge < -0.3 is 15.6 Å². The summed E-state index contributed by atoms with van der Waals surface area (Å²) < 4.78 is 0. The standard InChI is InChI=1S/C18H23N5/c1-2-23-8-5-12(6-9-23)10-14-16-13-4-3-7-20-18(13)22-15(16)11-21-17(14)19/h3-4,7,11-12H,2,5-6,8-10H2,1H3,(H2,19,21)(H,20,22). The molecule has 5 heteroatoms. The number of H-pyrrole nitrogens is 1. The molecule has 0 radical (unpaired) electrons. The van der Waals surface area contributed by atoms with Crippen LogP contribution in [0, 0.1) is 5.92 Å². The smallest absolute Gasteiger partial charge is 0.138 e. The predicted octanol–water partition coefficient (Wildman–Crippen LogP) is 2.97. The van der Waals surface area contributed by atoms with E-state index in [-0.39, 0.29) is 0 Å². The van der Waals surface area contributed by atoms with E-state index in [0.29, 0.717) is 11.7 Å². The largest absolute Gasteiger partial charge is 0.383 e. The zero-order chi connectivity index (χ0) is 15.8. The molecule has 1 fully saturated rings. The maximum atomic E-state index is 6.25. The van der Waals surface area contributed by atoms with Crippen LogP contribution in [0.3, 0.4) is 0 Å². The Labute approximate surface area is 135 Å². The summed E-state index contributed by atoms with van der Waals surface area (Å²) in [5.74, 6) is 1.36. The predicted molar refractivity (Wildman–Crippen MR) is 94.3 cm³/mol. The highest BCUT2D eigenvalue weighted by atomic mass is 15.1. The average Bonchev–Trinajstić information content (AvgIpc) is 2.97. The van der Waals surface area contributed by atoms with Crippen molar-refractivity contribution in [1.82, 2.24) is 19.9 Å². The molecule has 3 aromatic rings. The number of aromatic amines is 1. The molecule has 0 aromatic carbocycles. The highest BCUT2D eigenvalue weighted by Gasteiger charge is 2.21. The van der Waals surface area contributed by atoms with Crippen molar-refractivity contribution in [3.05, 3.63) is 30.1 Å². The monoisotopic (exact) mass is 309 g/mol. The van der Waals surface area contributed by atoms with Gasteiger partial charge in [-0.25, -0.2) is 9.97 Å². The van der Waals surface area contributed by atoms with E-state index >= 15 is 0 Å². The first-order valence-electron chi connectivity index (χ1n) is 8.48. The number of piperidine rings is 1. The van der Waals surface area contributed by atoms with Crippen LogP contribution in [0.25, 0.3) is 21.9 Å². The lowest BCUT2D eigenvalue weighted by molar-refractivity contribution is 0.192. The summed E-state index contributed by atoms with van der Waals surface area (Å²) in [5.41, 5.74) is 9.39. The summed E-state index contributed by atoms with van der Waals surface area (Å²) in [6.07, 6.45) is 7.13. The van der Waals surface area contributed by atoms with Crippen LogP contribution in [0.15, 0.2) is 24.5 Å². The van der Waals surface area contributed by atoms with E-state index in [4.69, 9.17) is 5.73 Å². The number of hydrogen-bond acceptors (Lipinski definition) is 4. The Kier molecular flexibility index (Phi) is 3.65. The molecule has 4 heterocycles. The van der Waals surface area contributed by atoms with Crippen molar-refractivity contribution in [2.24, 2.45) is 5.92 Å². The van der Waals surface area contributed by atoms with E-state index in [1.165, 1.54) is 36.9 Å². The first-order chi connectivity index (χ1) is 11.3. The van der Waals surface area contributed by atoms with Crippen molar-refractivity contribution < 1.29 is 0 Å². The molecule has 0 amide bonds. The van der Waals surface area contributed by atoms with Gasteiger partial charge in [0, 0.05) is 22.5 Å². The molecular weight excluding hydrogens is 286 g/mol. The molecule has 1 saturated heterocycles. The van der Waals surface area contributed by atoms with Crippen molar-refractivity contribution in [1.29, 1.82) is 0 Å². The fraction of sp³-hybridized carbons (Fsp3) is 0.444. The van der Waals surface area contributed by atoms with Gasteiger partial charge in [0.1, 0.15) is 11.5 Å². The number of anilines is 1. The lowest BCUT2D eigenvalue weighted by Gasteiger charge is -2.31. The van der Waals surface area contributed by atoms with Crippen molar-refractivity contribution >= 4 is 27.8 Å². The van der Waals surface area contributed by atoms with Crippen molar-refractivity contribution in [2.75, 3.05) is 25.4 Å². The molecule has 0 atom stereocenters. The number of nitrogens with two attached hydrogens (primary N) is 1. The van der Waals surface area contributed by atoms with Crippen LogP contribution in [-0.4, -0.2) is 39.5 Å². The molecule has 0 unspecified atom stereocenters. The van der Waals surface area contributed by atoms with Gasteiger partial charge in [-0.05, 0) is 56.9 Å². The number of likely N-dealkylation sites (tertiary alicyclic amines) is 1. The number of nitrogens with one attached hydrogen (secondary N) is 1. The number of nitrogen functional groups attached to an aromatic ring is 1. The van der Waals surface area contributed by atoms with Gasteiger partial charge in [-0.15, -0.1) is 0 Å². The van der Waals surface area contributed by atoms with Gasteiger partial charge in [0.15, 0.2) is 0 Å². The highest BCUT2D eigenvalue weighted by molar-refractivity contribution is 6.08. The Balaban J connectivity index is 1.72. The van der Waals surface area contributed by atoms with Crippen LogP contribution in [-0.2, 0) is 6.42 Å². The number of hydrogen-bond donors (Lipinski definition) is 2. The van der Waals surface area contributed by atoms with E-state index in [1.807, 2.05) is 18.5 Å². The topological polar surface area (TPSA) is 70.8 Å². The second-order valence-corrected chi connectivity index (χ2v) is 6.52. The molecular formula is C18H23N5. The molecule has 1 aliphatic rings. The van der Waals surface area contributed by atoms with E-state index < -0.39 is 0 Å². The van der Waals surface area contributed by atoms with Gasteiger partial charge in [-0.3, -0.25) is 0 Å². The number of pyridine rings is 2. The molecule has 5 nitrogen and oxygen atoms in total. The lowest BCUT2D eigenvalue weighted by atomic mass is 9.89. The minimum atomic E-state index is 0.667. The Morgan fingerprint density at radius 3 is 2.91 bits per heavy atom. The van der Waals surface area contributed by atoms with Crippen LogP contribution < -0.4 is 5.73 Å². The zero-order valence-electron chi connectivity index (χ0n) is 13.5. The molecule has 0 saturated carbocycles. The normalized spacial score (nSPS) is 17.3. The Bertz CT molecular complexity index is 830. The molecule has 3 N–H and O–H groups in total. The van der Waals surface area contributed by atoms with Crippen molar-refractivity contribution in [3.63, 3.8) is 0 Å². The third-order valence-electron chi connectivity index (χ3n) is 5.19. The molecule has 0 bridgehead atoms. The highest BCUT2D eigenvalue weighted by Crippen LogP contribution is 2.33. The quantitative estimate of drug-likeness (QED) is 0.780. The summed E-state index contributed by atoms with van der Waals surface area (Å²) >= 11 is 0. The Hall–Kier alpha value is -2.14. The molecule has 4 rings (SSSR count). The molecule has 3 aromatic heterocycles. The number of aromatic nitrogens is 3. The average molecular weight is 309 g/mol. The van der Waals surface area contributed by atoms with Gasteiger partial charge in [0.05, 0.1) is 11.7 Å². The second kappa shape index (κ2) is 5.81. The van der Waals surface area contributed by atoms with E-state index in [1.54, 1.807) is 0 Å². The molecule has 1 aliphatic heterocycles.